The molecule has 1 unspecified atom stereocenters. The Bertz CT molecular complexity index is 451. The smallest absolute Gasteiger partial charge is 0.322 e. The zero-order valence-electron chi connectivity index (χ0n) is 10.3. The van der Waals surface area contributed by atoms with E-state index in [0.717, 1.165) is 17.7 Å². The lowest BCUT2D eigenvalue weighted by Crippen LogP contribution is -2.54. The van der Waals surface area contributed by atoms with Crippen LogP contribution in [0.5, 0.6) is 0 Å². The highest BCUT2D eigenvalue weighted by Crippen LogP contribution is 2.15. The van der Waals surface area contributed by atoms with Crippen molar-refractivity contribution < 1.29 is 14.3 Å². The number of nitrogens with one attached hydrogen (secondary N) is 1. The van der Waals surface area contributed by atoms with E-state index in [1.165, 1.54) is 12.1 Å². The Morgan fingerprint density at radius 3 is 3.06 bits per heavy atom. The minimum Gasteiger partial charge on any atom is -0.480 e. The number of hydrogen-bond acceptors (Lipinski definition) is 3. The third-order valence-electron chi connectivity index (χ3n) is 3.32. The van der Waals surface area contributed by atoms with Gasteiger partial charge in [0.15, 0.2) is 0 Å². The fraction of sp³-hybridized carbons (Fsp3) is 0.462. The Balaban J connectivity index is 2.13. The van der Waals surface area contributed by atoms with Crippen LogP contribution in [0.2, 0.25) is 0 Å². The molecule has 0 bridgehead atoms. The van der Waals surface area contributed by atoms with E-state index in [4.69, 9.17) is 5.11 Å². The molecule has 98 valence electrons. The Morgan fingerprint density at radius 1 is 1.61 bits per heavy atom. The lowest BCUT2D eigenvalue weighted by atomic mass is 10.1. The lowest BCUT2D eigenvalue weighted by Gasteiger charge is -2.33. The maximum absolute atomic E-state index is 13.0. The van der Waals surface area contributed by atoms with Gasteiger partial charge < -0.3 is 10.4 Å². The van der Waals surface area contributed by atoms with Gasteiger partial charge in [-0.1, -0.05) is 6.07 Å². The Kier molecular flexibility index (Phi) is 3.93. The predicted octanol–water partition coefficient (Wildman–Crippen LogP) is 0.993. The molecular formula is C13H17FN2O2. The highest BCUT2D eigenvalue weighted by atomic mass is 19.1. The fourth-order valence-electron chi connectivity index (χ4n) is 2.23. The predicted molar refractivity (Wildman–Crippen MR) is 65.8 cm³/mol. The summed E-state index contributed by atoms with van der Waals surface area (Å²) in [5, 5.41) is 12.2. The molecule has 1 saturated heterocycles. The van der Waals surface area contributed by atoms with E-state index in [9.17, 15) is 9.18 Å². The molecule has 0 radical (unpaired) electrons. The first-order valence-electron chi connectivity index (χ1n) is 6.00. The average Bonchev–Trinajstić information content (AvgIpc) is 2.33. The summed E-state index contributed by atoms with van der Waals surface area (Å²) in [5.41, 5.74) is 1.84. The van der Waals surface area contributed by atoms with Gasteiger partial charge in [-0.25, -0.2) is 4.39 Å². The number of carboxylic acids is 1. The zero-order chi connectivity index (χ0) is 13.1. The fourth-order valence-corrected chi connectivity index (χ4v) is 2.23. The molecule has 0 aromatic heterocycles. The molecule has 4 nitrogen and oxygen atoms in total. The summed E-state index contributed by atoms with van der Waals surface area (Å²) in [6.45, 7) is 4.31. The van der Waals surface area contributed by atoms with Crippen LogP contribution in [0, 0.1) is 12.7 Å². The summed E-state index contributed by atoms with van der Waals surface area (Å²) < 4.78 is 13.0. The number of hydrogen-bond donors (Lipinski definition) is 2. The second-order valence-corrected chi connectivity index (χ2v) is 4.60. The largest absolute Gasteiger partial charge is 0.480 e. The van der Waals surface area contributed by atoms with E-state index in [2.05, 4.69) is 5.32 Å². The Labute approximate surface area is 105 Å². The number of carboxylic acid groups (broad SMARTS) is 1. The van der Waals surface area contributed by atoms with E-state index in [-0.39, 0.29) is 5.82 Å². The molecule has 0 amide bonds. The minimum atomic E-state index is -0.818. The molecular weight excluding hydrogens is 235 g/mol. The molecule has 1 aliphatic rings. The second kappa shape index (κ2) is 5.46. The van der Waals surface area contributed by atoms with Crippen LogP contribution in [0.4, 0.5) is 4.39 Å². The molecule has 1 heterocycles. The highest BCUT2D eigenvalue weighted by Gasteiger charge is 2.28. The molecule has 0 spiro atoms. The van der Waals surface area contributed by atoms with Crippen LogP contribution in [0.25, 0.3) is 0 Å². The van der Waals surface area contributed by atoms with E-state index < -0.39 is 12.0 Å². The number of carbonyl (C=O) groups is 1. The quantitative estimate of drug-likeness (QED) is 0.842. The van der Waals surface area contributed by atoms with Crippen LogP contribution in [-0.4, -0.2) is 41.7 Å². The monoisotopic (exact) mass is 252 g/mol. The summed E-state index contributed by atoms with van der Waals surface area (Å²) in [7, 11) is 0. The average molecular weight is 252 g/mol. The Hall–Kier alpha value is -1.46. The van der Waals surface area contributed by atoms with Crippen LogP contribution in [0.1, 0.15) is 11.1 Å². The van der Waals surface area contributed by atoms with Crippen molar-refractivity contribution in [2.45, 2.75) is 19.5 Å². The third-order valence-corrected chi connectivity index (χ3v) is 3.32. The van der Waals surface area contributed by atoms with Gasteiger partial charge >= 0.3 is 5.97 Å². The second-order valence-electron chi connectivity index (χ2n) is 4.60. The topological polar surface area (TPSA) is 52.6 Å². The molecule has 2 N–H and O–H groups in total. The maximum Gasteiger partial charge on any atom is 0.322 e. The number of piperazine rings is 1. The molecule has 5 heteroatoms. The van der Waals surface area contributed by atoms with Crippen LogP contribution >= 0.6 is 0 Å². The number of nitrogens with zero attached hydrogens (tertiary/aromatic N) is 1. The standard InChI is InChI=1S/C13H17FN2O2/c1-9-6-11(14)3-2-10(9)8-16-5-4-15-7-12(16)13(17)18/h2-3,6,12,15H,4-5,7-8H2,1H3,(H,17,18). The first kappa shape index (κ1) is 13.0. The SMILES string of the molecule is Cc1cc(F)ccc1CN1CCNCC1C(=O)O. The van der Waals surface area contributed by atoms with Crippen molar-refractivity contribution in [3.63, 3.8) is 0 Å². The molecule has 0 aliphatic carbocycles. The van der Waals surface area contributed by atoms with Gasteiger partial charge in [0.2, 0.25) is 0 Å². The van der Waals surface area contributed by atoms with Crippen LogP contribution in [-0.2, 0) is 11.3 Å². The highest BCUT2D eigenvalue weighted by molar-refractivity contribution is 5.74. The van der Waals surface area contributed by atoms with Gasteiger partial charge in [-0.05, 0) is 30.2 Å². The molecule has 18 heavy (non-hydrogen) atoms. The number of aliphatic carboxylic acids is 1. The van der Waals surface area contributed by atoms with Gasteiger partial charge in [0, 0.05) is 26.2 Å². The van der Waals surface area contributed by atoms with Gasteiger partial charge in [-0.15, -0.1) is 0 Å². The number of benzene rings is 1. The first-order chi connectivity index (χ1) is 8.58. The third kappa shape index (κ3) is 2.86. The van der Waals surface area contributed by atoms with Crippen molar-refractivity contribution in [1.29, 1.82) is 0 Å². The maximum atomic E-state index is 13.0. The van der Waals surface area contributed by atoms with Crippen molar-refractivity contribution >= 4 is 5.97 Å². The van der Waals surface area contributed by atoms with E-state index >= 15 is 0 Å². The van der Waals surface area contributed by atoms with Crippen molar-refractivity contribution in [1.82, 2.24) is 10.2 Å². The summed E-state index contributed by atoms with van der Waals surface area (Å²) in [6, 6.07) is 4.11. The molecule has 2 rings (SSSR count). The summed E-state index contributed by atoms with van der Waals surface area (Å²) in [5.74, 6) is -1.08. The van der Waals surface area contributed by atoms with Gasteiger partial charge in [0.05, 0.1) is 0 Å². The van der Waals surface area contributed by atoms with Crippen molar-refractivity contribution in [2.75, 3.05) is 19.6 Å². The number of halogens is 1. The number of rotatable bonds is 3. The first-order valence-corrected chi connectivity index (χ1v) is 6.00. The molecule has 1 aromatic rings. The van der Waals surface area contributed by atoms with Gasteiger partial charge in [0.25, 0.3) is 0 Å². The number of aryl methyl sites for hydroxylation is 1. The van der Waals surface area contributed by atoms with Gasteiger partial charge in [-0.3, -0.25) is 9.69 Å². The van der Waals surface area contributed by atoms with Gasteiger partial charge in [0.1, 0.15) is 11.9 Å². The summed E-state index contributed by atoms with van der Waals surface area (Å²) >= 11 is 0. The van der Waals surface area contributed by atoms with E-state index in [1.54, 1.807) is 6.07 Å². The zero-order valence-corrected chi connectivity index (χ0v) is 10.3. The van der Waals surface area contributed by atoms with Gasteiger partial charge in [-0.2, -0.15) is 0 Å². The molecule has 1 fully saturated rings. The van der Waals surface area contributed by atoms with E-state index in [1.807, 2.05) is 11.8 Å². The normalized spacial score (nSPS) is 20.9. The molecule has 0 saturated carbocycles. The Morgan fingerprint density at radius 2 is 2.39 bits per heavy atom. The summed E-state index contributed by atoms with van der Waals surface area (Å²) in [6.07, 6.45) is 0. The summed E-state index contributed by atoms with van der Waals surface area (Å²) in [4.78, 5) is 13.1. The van der Waals surface area contributed by atoms with Crippen molar-refractivity contribution in [2.24, 2.45) is 0 Å². The lowest BCUT2D eigenvalue weighted by molar-refractivity contribution is -0.144. The van der Waals surface area contributed by atoms with Crippen molar-refractivity contribution in [3.8, 4) is 0 Å². The van der Waals surface area contributed by atoms with Crippen LogP contribution < -0.4 is 5.32 Å². The van der Waals surface area contributed by atoms with E-state index in [0.29, 0.717) is 19.6 Å². The molecule has 1 aromatic carbocycles. The van der Waals surface area contributed by atoms with Crippen LogP contribution in [0.3, 0.4) is 0 Å². The molecule has 1 aliphatic heterocycles. The molecule has 1 atom stereocenters. The van der Waals surface area contributed by atoms with Crippen molar-refractivity contribution in [3.05, 3.63) is 35.1 Å². The van der Waals surface area contributed by atoms with Crippen LogP contribution in [0.15, 0.2) is 18.2 Å². The minimum absolute atomic E-state index is 0.258.